The van der Waals surface area contributed by atoms with Crippen molar-refractivity contribution in [1.82, 2.24) is 19.0 Å². The third-order valence-electron chi connectivity index (χ3n) is 5.09. The smallest absolute Gasteiger partial charge is 0.243 e. The van der Waals surface area contributed by atoms with Crippen LogP contribution >= 0.6 is 0 Å². The van der Waals surface area contributed by atoms with E-state index < -0.39 is 10.0 Å². The summed E-state index contributed by atoms with van der Waals surface area (Å²) in [7, 11) is -1.92. The zero-order chi connectivity index (χ0) is 20.3. The standard InChI is InChI=1S/C21H24N4O3S/c1-28-20-7-9-21(10-8-20)29(26,27)24-13-11-23(12-14-24)16-18-15-22-25(17-18)19-5-3-2-4-6-19/h2-10,15,17H,11-14,16H2,1H3. The van der Waals surface area contributed by atoms with Crippen LogP contribution in [0, 0.1) is 0 Å². The van der Waals surface area contributed by atoms with Gasteiger partial charge in [0.25, 0.3) is 0 Å². The topological polar surface area (TPSA) is 67.7 Å². The number of piperazine rings is 1. The monoisotopic (exact) mass is 412 g/mol. The molecule has 7 nitrogen and oxygen atoms in total. The SMILES string of the molecule is COc1ccc(S(=O)(=O)N2CCN(Cc3cnn(-c4ccccc4)c3)CC2)cc1. The molecule has 0 amide bonds. The molecule has 1 fully saturated rings. The molecular weight excluding hydrogens is 388 g/mol. The number of hydrogen-bond acceptors (Lipinski definition) is 5. The molecule has 4 rings (SSSR count). The van der Waals surface area contributed by atoms with Gasteiger partial charge >= 0.3 is 0 Å². The van der Waals surface area contributed by atoms with Gasteiger partial charge in [-0.05, 0) is 36.4 Å². The quantitative estimate of drug-likeness (QED) is 0.622. The minimum Gasteiger partial charge on any atom is -0.497 e. The fourth-order valence-corrected chi connectivity index (χ4v) is 4.87. The van der Waals surface area contributed by atoms with E-state index in [9.17, 15) is 8.42 Å². The molecule has 0 radical (unpaired) electrons. The van der Waals surface area contributed by atoms with Gasteiger partial charge in [-0.15, -0.1) is 0 Å². The third-order valence-corrected chi connectivity index (χ3v) is 7.00. The predicted octanol–water partition coefficient (Wildman–Crippen LogP) is 2.39. The van der Waals surface area contributed by atoms with Crippen molar-refractivity contribution < 1.29 is 13.2 Å². The molecule has 152 valence electrons. The zero-order valence-corrected chi connectivity index (χ0v) is 17.1. The Labute approximate surface area is 171 Å². The van der Waals surface area contributed by atoms with Crippen molar-refractivity contribution in [3.8, 4) is 11.4 Å². The molecule has 0 saturated carbocycles. The Bertz CT molecular complexity index is 1040. The van der Waals surface area contributed by atoms with Gasteiger partial charge in [-0.1, -0.05) is 18.2 Å². The summed E-state index contributed by atoms with van der Waals surface area (Å²) in [6, 6.07) is 16.5. The second-order valence-electron chi connectivity index (χ2n) is 6.98. The summed E-state index contributed by atoms with van der Waals surface area (Å²) in [4.78, 5) is 2.56. The Morgan fingerprint density at radius 3 is 2.31 bits per heavy atom. The maximum absolute atomic E-state index is 12.9. The first kappa shape index (κ1) is 19.6. The lowest BCUT2D eigenvalue weighted by molar-refractivity contribution is 0.181. The summed E-state index contributed by atoms with van der Waals surface area (Å²) in [5.41, 5.74) is 2.13. The third kappa shape index (κ3) is 4.34. The normalized spacial score (nSPS) is 16.0. The van der Waals surface area contributed by atoms with Gasteiger partial charge in [-0.25, -0.2) is 13.1 Å². The highest BCUT2D eigenvalue weighted by Crippen LogP contribution is 2.21. The lowest BCUT2D eigenvalue weighted by atomic mass is 10.3. The Balaban J connectivity index is 1.36. The molecule has 1 aromatic heterocycles. The van der Waals surface area contributed by atoms with Crippen LogP contribution in [0.4, 0.5) is 0 Å². The average molecular weight is 413 g/mol. The van der Waals surface area contributed by atoms with Gasteiger partial charge in [-0.3, -0.25) is 4.90 Å². The van der Waals surface area contributed by atoms with Crippen molar-refractivity contribution in [2.24, 2.45) is 0 Å². The van der Waals surface area contributed by atoms with E-state index in [4.69, 9.17) is 4.74 Å². The second kappa shape index (κ2) is 8.36. The van der Waals surface area contributed by atoms with Gasteiger partial charge in [0.2, 0.25) is 10.0 Å². The number of aromatic nitrogens is 2. The van der Waals surface area contributed by atoms with Crippen LogP contribution in [-0.2, 0) is 16.6 Å². The predicted molar refractivity (Wildman–Crippen MR) is 111 cm³/mol. The van der Waals surface area contributed by atoms with Crippen LogP contribution in [0.15, 0.2) is 71.9 Å². The first-order chi connectivity index (χ1) is 14.1. The van der Waals surface area contributed by atoms with E-state index in [-0.39, 0.29) is 0 Å². The second-order valence-corrected chi connectivity index (χ2v) is 8.92. The molecule has 2 heterocycles. The van der Waals surface area contributed by atoms with Gasteiger partial charge in [0.05, 0.1) is 23.9 Å². The number of hydrogen-bond donors (Lipinski definition) is 0. The van der Waals surface area contributed by atoms with E-state index >= 15 is 0 Å². The highest BCUT2D eigenvalue weighted by molar-refractivity contribution is 7.89. The molecule has 0 aliphatic carbocycles. The minimum atomic E-state index is -3.48. The largest absolute Gasteiger partial charge is 0.497 e. The molecule has 2 aromatic carbocycles. The number of sulfonamides is 1. The number of benzene rings is 2. The molecule has 1 saturated heterocycles. The van der Waals surface area contributed by atoms with Crippen molar-refractivity contribution in [3.63, 3.8) is 0 Å². The number of para-hydroxylation sites is 1. The van der Waals surface area contributed by atoms with Gasteiger partial charge in [0, 0.05) is 44.5 Å². The first-order valence-electron chi connectivity index (χ1n) is 9.52. The maximum Gasteiger partial charge on any atom is 0.243 e. The fourth-order valence-electron chi connectivity index (χ4n) is 3.45. The number of methoxy groups -OCH3 is 1. The molecule has 0 bridgehead atoms. The van der Waals surface area contributed by atoms with Crippen molar-refractivity contribution in [2.75, 3.05) is 33.3 Å². The molecule has 8 heteroatoms. The van der Waals surface area contributed by atoms with Crippen molar-refractivity contribution >= 4 is 10.0 Å². The van der Waals surface area contributed by atoms with Crippen LogP contribution in [0.25, 0.3) is 5.69 Å². The van der Waals surface area contributed by atoms with E-state index in [0.29, 0.717) is 36.8 Å². The number of ether oxygens (including phenoxy) is 1. The van der Waals surface area contributed by atoms with E-state index in [1.54, 1.807) is 35.7 Å². The molecule has 0 unspecified atom stereocenters. The summed E-state index contributed by atoms with van der Waals surface area (Å²) < 4.78 is 34.3. The summed E-state index contributed by atoms with van der Waals surface area (Å²) in [5.74, 6) is 0.643. The van der Waals surface area contributed by atoms with Crippen LogP contribution in [-0.4, -0.2) is 60.7 Å². The molecule has 29 heavy (non-hydrogen) atoms. The summed E-state index contributed by atoms with van der Waals surface area (Å²) in [6.07, 6.45) is 3.89. The van der Waals surface area contributed by atoms with Crippen LogP contribution in [0.5, 0.6) is 5.75 Å². The van der Waals surface area contributed by atoms with Gasteiger partial charge < -0.3 is 4.74 Å². The van der Waals surface area contributed by atoms with Crippen molar-refractivity contribution in [1.29, 1.82) is 0 Å². The molecule has 3 aromatic rings. The average Bonchev–Trinajstić information content (AvgIpc) is 3.23. The molecular formula is C21H24N4O3S. The van der Waals surface area contributed by atoms with Crippen LogP contribution in [0.2, 0.25) is 0 Å². The first-order valence-corrected chi connectivity index (χ1v) is 11.0. The van der Waals surface area contributed by atoms with Gasteiger partial charge in [0.15, 0.2) is 0 Å². The van der Waals surface area contributed by atoms with E-state index in [1.807, 2.05) is 47.4 Å². The van der Waals surface area contributed by atoms with Crippen LogP contribution in [0.3, 0.4) is 0 Å². The summed E-state index contributed by atoms with van der Waals surface area (Å²) >= 11 is 0. The highest BCUT2D eigenvalue weighted by atomic mass is 32.2. The lowest BCUT2D eigenvalue weighted by Crippen LogP contribution is -2.48. The maximum atomic E-state index is 12.9. The van der Waals surface area contributed by atoms with E-state index in [2.05, 4.69) is 10.00 Å². The molecule has 0 atom stereocenters. The molecule has 0 spiro atoms. The van der Waals surface area contributed by atoms with Crippen LogP contribution < -0.4 is 4.74 Å². The Morgan fingerprint density at radius 2 is 1.66 bits per heavy atom. The fraction of sp³-hybridized carbons (Fsp3) is 0.286. The Kier molecular flexibility index (Phi) is 5.66. The van der Waals surface area contributed by atoms with Crippen molar-refractivity contribution in [3.05, 3.63) is 72.6 Å². The zero-order valence-electron chi connectivity index (χ0n) is 16.3. The Morgan fingerprint density at radius 1 is 0.966 bits per heavy atom. The Hall–Kier alpha value is -2.68. The van der Waals surface area contributed by atoms with E-state index in [0.717, 1.165) is 17.8 Å². The lowest BCUT2D eigenvalue weighted by Gasteiger charge is -2.33. The number of rotatable bonds is 6. The minimum absolute atomic E-state index is 0.302. The summed E-state index contributed by atoms with van der Waals surface area (Å²) in [6.45, 7) is 3.07. The molecule has 1 aliphatic heterocycles. The van der Waals surface area contributed by atoms with Gasteiger partial charge in [-0.2, -0.15) is 9.40 Å². The summed E-state index contributed by atoms with van der Waals surface area (Å²) in [5, 5.41) is 4.43. The van der Waals surface area contributed by atoms with Gasteiger partial charge in [0.1, 0.15) is 5.75 Å². The van der Waals surface area contributed by atoms with Crippen LogP contribution in [0.1, 0.15) is 5.56 Å². The molecule has 1 aliphatic rings. The highest BCUT2D eigenvalue weighted by Gasteiger charge is 2.28. The number of nitrogens with zero attached hydrogens (tertiary/aromatic N) is 4. The van der Waals surface area contributed by atoms with E-state index in [1.165, 1.54) is 0 Å². The molecule has 0 N–H and O–H groups in total. The van der Waals surface area contributed by atoms with Crippen molar-refractivity contribution in [2.45, 2.75) is 11.4 Å².